The van der Waals surface area contributed by atoms with Gasteiger partial charge in [0.05, 0.1) is 0 Å². The zero-order valence-corrected chi connectivity index (χ0v) is 11.8. The van der Waals surface area contributed by atoms with Gasteiger partial charge in [-0.3, -0.25) is 4.79 Å². The van der Waals surface area contributed by atoms with Crippen molar-refractivity contribution >= 4 is 11.6 Å². The minimum absolute atomic E-state index is 0.0852. The van der Waals surface area contributed by atoms with Crippen molar-refractivity contribution in [1.82, 2.24) is 4.90 Å². The number of hydrogen-bond acceptors (Lipinski definition) is 3. The van der Waals surface area contributed by atoms with Gasteiger partial charge in [0.15, 0.2) is 0 Å². The fourth-order valence-corrected chi connectivity index (χ4v) is 2.57. The van der Waals surface area contributed by atoms with Crippen LogP contribution in [0.2, 0.25) is 0 Å². The molecule has 1 unspecified atom stereocenters. The van der Waals surface area contributed by atoms with E-state index in [1.807, 2.05) is 11.0 Å². The molecule has 0 bridgehead atoms. The average Bonchev–Trinajstić information content (AvgIpc) is 2.46. The largest absolute Gasteiger partial charge is 0.368 e. The van der Waals surface area contributed by atoms with Crippen molar-refractivity contribution in [2.24, 2.45) is 5.73 Å². The van der Waals surface area contributed by atoms with E-state index in [0.717, 1.165) is 32.6 Å². The molecule has 1 amide bonds. The summed E-state index contributed by atoms with van der Waals surface area (Å²) in [6.07, 6.45) is 0.935. The number of hydrogen-bond donors (Lipinski definition) is 1. The first-order valence-electron chi connectivity index (χ1n) is 6.98. The summed E-state index contributed by atoms with van der Waals surface area (Å²) in [5, 5.41) is 0. The van der Waals surface area contributed by atoms with E-state index in [1.54, 1.807) is 6.92 Å². The SMILES string of the molecule is CCC(N)c1ccccc1N1CCN(C(C)=O)CC1. The first kappa shape index (κ1) is 13.9. The summed E-state index contributed by atoms with van der Waals surface area (Å²) in [5.74, 6) is 0.165. The Balaban J connectivity index is 2.13. The van der Waals surface area contributed by atoms with Crippen molar-refractivity contribution < 1.29 is 4.79 Å². The number of carbonyl (C=O) groups is 1. The van der Waals surface area contributed by atoms with Crippen LogP contribution >= 0.6 is 0 Å². The first-order valence-corrected chi connectivity index (χ1v) is 6.98. The van der Waals surface area contributed by atoms with E-state index in [1.165, 1.54) is 11.3 Å². The lowest BCUT2D eigenvalue weighted by Crippen LogP contribution is -2.48. The van der Waals surface area contributed by atoms with Crippen molar-refractivity contribution in [3.05, 3.63) is 29.8 Å². The van der Waals surface area contributed by atoms with Gasteiger partial charge in [-0.15, -0.1) is 0 Å². The zero-order valence-electron chi connectivity index (χ0n) is 11.8. The minimum Gasteiger partial charge on any atom is -0.368 e. The highest BCUT2D eigenvalue weighted by molar-refractivity contribution is 5.73. The number of nitrogens with zero attached hydrogens (tertiary/aromatic N) is 2. The molecule has 19 heavy (non-hydrogen) atoms. The normalized spacial score (nSPS) is 17.4. The molecule has 0 aliphatic carbocycles. The highest BCUT2D eigenvalue weighted by Gasteiger charge is 2.21. The Morgan fingerprint density at radius 3 is 2.47 bits per heavy atom. The topological polar surface area (TPSA) is 49.6 Å². The molecule has 1 heterocycles. The zero-order chi connectivity index (χ0) is 13.8. The van der Waals surface area contributed by atoms with Gasteiger partial charge in [-0.05, 0) is 18.1 Å². The number of nitrogens with two attached hydrogens (primary N) is 1. The van der Waals surface area contributed by atoms with E-state index < -0.39 is 0 Å². The third kappa shape index (κ3) is 3.07. The Morgan fingerprint density at radius 2 is 1.89 bits per heavy atom. The molecule has 1 atom stereocenters. The van der Waals surface area contributed by atoms with Crippen LogP contribution in [-0.2, 0) is 4.79 Å². The van der Waals surface area contributed by atoms with Crippen molar-refractivity contribution in [2.75, 3.05) is 31.1 Å². The van der Waals surface area contributed by atoms with Crippen LogP contribution in [0.15, 0.2) is 24.3 Å². The van der Waals surface area contributed by atoms with Crippen LogP contribution in [-0.4, -0.2) is 37.0 Å². The third-order valence-electron chi connectivity index (χ3n) is 3.84. The van der Waals surface area contributed by atoms with Gasteiger partial charge >= 0.3 is 0 Å². The highest BCUT2D eigenvalue weighted by atomic mass is 16.2. The Morgan fingerprint density at radius 1 is 1.26 bits per heavy atom. The van der Waals surface area contributed by atoms with Gasteiger partial charge in [0.1, 0.15) is 0 Å². The smallest absolute Gasteiger partial charge is 0.219 e. The van der Waals surface area contributed by atoms with Gasteiger partial charge in [-0.1, -0.05) is 25.1 Å². The third-order valence-corrected chi connectivity index (χ3v) is 3.84. The number of piperazine rings is 1. The van der Waals surface area contributed by atoms with Crippen LogP contribution < -0.4 is 10.6 Å². The van der Waals surface area contributed by atoms with Crippen LogP contribution in [0.25, 0.3) is 0 Å². The summed E-state index contributed by atoms with van der Waals surface area (Å²) in [6.45, 7) is 7.10. The van der Waals surface area contributed by atoms with Crippen molar-refractivity contribution in [3.8, 4) is 0 Å². The van der Waals surface area contributed by atoms with Gasteiger partial charge in [0.2, 0.25) is 5.91 Å². The standard InChI is InChI=1S/C15H23N3O/c1-3-14(16)13-6-4-5-7-15(13)18-10-8-17(9-11-18)12(2)19/h4-7,14H,3,8-11,16H2,1-2H3. The number of anilines is 1. The molecule has 0 aromatic heterocycles. The van der Waals surface area contributed by atoms with Crippen LogP contribution in [0.3, 0.4) is 0 Å². The first-order chi connectivity index (χ1) is 9.13. The summed E-state index contributed by atoms with van der Waals surface area (Å²) in [5.41, 5.74) is 8.62. The van der Waals surface area contributed by atoms with E-state index in [9.17, 15) is 4.79 Å². The summed E-state index contributed by atoms with van der Waals surface area (Å²) in [7, 11) is 0. The van der Waals surface area contributed by atoms with Crippen LogP contribution in [0.5, 0.6) is 0 Å². The average molecular weight is 261 g/mol. The maximum atomic E-state index is 11.4. The second kappa shape index (κ2) is 6.06. The summed E-state index contributed by atoms with van der Waals surface area (Å²) >= 11 is 0. The summed E-state index contributed by atoms with van der Waals surface area (Å²) in [4.78, 5) is 15.6. The van der Waals surface area contributed by atoms with E-state index >= 15 is 0 Å². The molecule has 1 fully saturated rings. The van der Waals surface area contributed by atoms with Crippen molar-refractivity contribution in [2.45, 2.75) is 26.3 Å². The molecule has 4 nitrogen and oxygen atoms in total. The van der Waals surface area contributed by atoms with Crippen molar-refractivity contribution in [3.63, 3.8) is 0 Å². The number of para-hydroxylation sites is 1. The minimum atomic E-state index is 0.0852. The molecule has 2 N–H and O–H groups in total. The Kier molecular flexibility index (Phi) is 4.43. The van der Waals surface area contributed by atoms with Gasteiger partial charge < -0.3 is 15.5 Å². The molecule has 0 radical (unpaired) electrons. The molecule has 1 saturated heterocycles. The maximum Gasteiger partial charge on any atom is 0.219 e. The predicted octanol–water partition coefficient (Wildman–Crippen LogP) is 1.76. The lowest BCUT2D eigenvalue weighted by Gasteiger charge is -2.37. The maximum absolute atomic E-state index is 11.4. The molecule has 104 valence electrons. The lowest BCUT2D eigenvalue weighted by molar-refractivity contribution is -0.129. The van der Waals surface area contributed by atoms with Crippen LogP contribution in [0.1, 0.15) is 31.9 Å². The van der Waals surface area contributed by atoms with Gasteiger partial charge in [0, 0.05) is 44.8 Å². The summed E-state index contributed by atoms with van der Waals surface area (Å²) in [6, 6.07) is 8.43. The second-order valence-corrected chi connectivity index (χ2v) is 5.07. The number of carbonyl (C=O) groups excluding carboxylic acids is 1. The van der Waals surface area contributed by atoms with E-state index in [2.05, 4.69) is 30.0 Å². The van der Waals surface area contributed by atoms with E-state index in [0.29, 0.717) is 0 Å². The van der Waals surface area contributed by atoms with Crippen molar-refractivity contribution in [1.29, 1.82) is 0 Å². The summed E-state index contributed by atoms with van der Waals surface area (Å²) < 4.78 is 0. The molecule has 1 aromatic carbocycles. The molecular formula is C15H23N3O. The fourth-order valence-electron chi connectivity index (χ4n) is 2.57. The van der Waals surface area contributed by atoms with Gasteiger partial charge in [-0.25, -0.2) is 0 Å². The molecule has 1 aliphatic heterocycles. The molecule has 0 spiro atoms. The quantitative estimate of drug-likeness (QED) is 0.902. The van der Waals surface area contributed by atoms with Gasteiger partial charge in [0.25, 0.3) is 0 Å². The number of rotatable bonds is 3. The Hall–Kier alpha value is -1.55. The highest BCUT2D eigenvalue weighted by Crippen LogP contribution is 2.27. The Bertz CT molecular complexity index is 439. The van der Waals surface area contributed by atoms with Crippen LogP contribution in [0, 0.1) is 0 Å². The molecule has 1 aliphatic rings. The lowest BCUT2D eigenvalue weighted by atomic mass is 10.0. The fraction of sp³-hybridized carbons (Fsp3) is 0.533. The second-order valence-electron chi connectivity index (χ2n) is 5.07. The Labute approximate surface area is 115 Å². The molecule has 4 heteroatoms. The molecular weight excluding hydrogens is 238 g/mol. The molecule has 1 aromatic rings. The predicted molar refractivity (Wildman–Crippen MR) is 78.1 cm³/mol. The van der Waals surface area contributed by atoms with E-state index in [-0.39, 0.29) is 11.9 Å². The van der Waals surface area contributed by atoms with Crippen LogP contribution in [0.4, 0.5) is 5.69 Å². The van der Waals surface area contributed by atoms with E-state index in [4.69, 9.17) is 5.73 Å². The monoisotopic (exact) mass is 261 g/mol. The molecule has 2 rings (SSSR count). The van der Waals surface area contributed by atoms with Gasteiger partial charge in [-0.2, -0.15) is 0 Å². The number of benzene rings is 1. The molecule has 0 saturated carbocycles. The number of amides is 1.